The number of carboxylic acid groups (broad SMARTS) is 1. The molecule has 1 aliphatic carbocycles. The number of halogens is 5. The van der Waals surface area contributed by atoms with Crippen LogP contribution >= 0.6 is 11.3 Å². The Morgan fingerprint density at radius 3 is 2.67 bits per heavy atom. The van der Waals surface area contributed by atoms with Crippen LogP contribution in [0.5, 0.6) is 5.75 Å². The van der Waals surface area contributed by atoms with Crippen molar-refractivity contribution in [3.05, 3.63) is 64.8 Å². The Balaban J connectivity index is 1.66. The fraction of sp³-hybridized carbons (Fsp3) is 0.190. The number of benzene rings is 2. The van der Waals surface area contributed by atoms with Crippen LogP contribution in [0.3, 0.4) is 0 Å². The van der Waals surface area contributed by atoms with Gasteiger partial charge in [-0.1, -0.05) is 12.1 Å². The minimum absolute atomic E-state index is 0.0838. The van der Waals surface area contributed by atoms with Gasteiger partial charge in [-0.15, -0.1) is 24.5 Å². The number of hydrogen-bond acceptors (Lipinski definition) is 6. The summed E-state index contributed by atoms with van der Waals surface area (Å²) < 4.78 is 69.5. The average Bonchev–Trinajstić information content (AvgIpc) is 3.26. The number of hydrazone groups is 1. The Morgan fingerprint density at radius 2 is 2.00 bits per heavy atom. The highest BCUT2D eigenvalue weighted by Gasteiger charge is 2.44. The molecule has 12 heteroatoms. The van der Waals surface area contributed by atoms with E-state index in [4.69, 9.17) is 0 Å². The van der Waals surface area contributed by atoms with E-state index >= 15 is 0 Å². The van der Waals surface area contributed by atoms with E-state index in [1.54, 1.807) is 0 Å². The molecular formula is C21H14F5N3O3S. The molecule has 0 saturated heterocycles. The molecule has 1 saturated carbocycles. The van der Waals surface area contributed by atoms with Crippen LogP contribution < -0.4 is 9.75 Å². The third kappa shape index (κ3) is 5.28. The summed E-state index contributed by atoms with van der Waals surface area (Å²) in [6.07, 6.45) is -4.80. The van der Waals surface area contributed by atoms with Crippen LogP contribution in [-0.2, 0) is 0 Å². The van der Waals surface area contributed by atoms with E-state index in [-0.39, 0.29) is 33.9 Å². The molecule has 0 radical (unpaired) electrons. The van der Waals surface area contributed by atoms with Crippen molar-refractivity contribution >= 4 is 28.7 Å². The molecule has 2 atom stereocenters. The zero-order chi connectivity index (χ0) is 23.8. The van der Waals surface area contributed by atoms with Crippen molar-refractivity contribution in [2.45, 2.75) is 25.0 Å². The second-order valence-electron chi connectivity index (χ2n) is 7.00. The van der Waals surface area contributed by atoms with Gasteiger partial charge in [-0.2, -0.15) is 5.10 Å². The van der Waals surface area contributed by atoms with E-state index < -0.39 is 36.1 Å². The van der Waals surface area contributed by atoms with E-state index in [9.17, 15) is 31.9 Å². The van der Waals surface area contributed by atoms with Crippen molar-refractivity contribution < 1.29 is 36.6 Å². The van der Waals surface area contributed by atoms with E-state index in [1.807, 2.05) is 0 Å². The number of hydrogen-bond donors (Lipinski definition) is 1. The van der Waals surface area contributed by atoms with Crippen molar-refractivity contribution in [2.24, 2.45) is 5.10 Å². The number of aromatic carboxylic acids is 1. The van der Waals surface area contributed by atoms with E-state index in [2.05, 4.69) is 14.8 Å². The lowest BCUT2D eigenvalue weighted by molar-refractivity contribution is -0.274. The lowest BCUT2D eigenvalue weighted by atomic mass is 10.1. The Morgan fingerprint density at radius 1 is 1.27 bits per heavy atom. The maximum Gasteiger partial charge on any atom is 0.573 e. The summed E-state index contributed by atoms with van der Waals surface area (Å²) >= 11 is 1.02. The van der Waals surface area contributed by atoms with E-state index in [0.717, 1.165) is 35.8 Å². The fourth-order valence-corrected chi connectivity index (χ4v) is 3.86. The number of carboxylic acids is 1. The van der Waals surface area contributed by atoms with Crippen molar-refractivity contribution in [1.29, 1.82) is 0 Å². The molecule has 0 aliphatic heterocycles. The maximum absolute atomic E-state index is 13.8. The first-order valence-corrected chi connectivity index (χ1v) is 10.3. The van der Waals surface area contributed by atoms with Gasteiger partial charge in [0.25, 0.3) is 0 Å². The van der Waals surface area contributed by atoms with Crippen LogP contribution in [0.15, 0.2) is 52.9 Å². The molecule has 1 aromatic heterocycles. The third-order valence-electron chi connectivity index (χ3n) is 4.64. The third-order valence-corrected chi connectivity index (χ3v) is 5.47. The highest BCUT2D eigenvalue weighted by atomic mass is 32.1. The molecule has 33 heavy (non-hydrogen) atoms. The quantitative estimate of drug-likeness (QED) is 0.273. The minimum Gasteiger partial charge on any atom is -0.478 e. The van der Waals surface area contributed by atoms with Gasteiger partial charge in [-0.05, 0) is 30.3 Å². The van der Waals surface area contributed by atoms with Crippen LogP contribution in [0.25, 0.3) is 11.3 Å². The lowest BCUT2D eigenvalue weighted by Crippen LogP contribution is -2.21. The van der Waals surface area contributed by atoms with Gasteiger partial charge in [0.1, 0.15) is 17.7 Å². The molecule has 0 bridgehead atoms. The maximum atomic E-state index is 13.8. The number of para-hydroxylation sites is 1. The summed E-state index contributed by atoms with van der Waals surface area (Å²) in [6.45, 7) is 0. The molecule has 1 aliphatic rings. The van der Waals surface area contributed by atoms with Crippen LogP contribution in [0.2, 0.25) is 0 Å². The van der Waals surface area contributed by atoms with Gasteiger partial charge < -0.3 is 9.84 Å². The second-order valence-corrected chi connectivity index (χ2v) is 7.84. The fourth-order valence-electron chi connectivity index (χ4n) is 3.02. The van der Waals surface area contributed by atoms with Crippen molar-refractivity contribution in [2.75, 3.05) is 5.01 Å². The molecule has 2 aromatic carbocycles. The number of nitrogens with zero attached hydrogens (tertiary/aromatic N) is 3. The summed E-state index contributed by atoms with van der Waals surface area (Å²) in [5, 5.41) is 16.3. The van der Waals surface area contributed by atoms with Gasteiger partial charge in [0, 0.05) is 22.9 Å². The molecule has 1 fully saturated rings. The van der Waals surface area contributed by atoms with Crippen LogP contribution in [0.4, 0.5) is 27.1 Å². The predicted octanol–water partition coefficient (Wildman–Crippen LogP) is 5.50. The number of anilines is 1. The number of alkyl halides is 4. The topological polar surface area (TPSA) is 75.0 Å². The number of rotatable bonds is 7. The summed E-state index contributed by atoms with van der Waals surface area (Å²) in [5.41, 5.74) is 0.00896. The lowest BCUT2D eigenvalue weighted by Gasteiger charge is -2.15. The normalized spacial score (nSPS) is 17.8. The van der Waals surface area contributed by atoms with Gasteiger partial charge in [0.05, 0.1) is 23.5 Å². The SMILES string of the molecule is O=C(O)c1cc(F)ccc1/C=N/N(c1nc(-c2ccccc2OC(F)(F)F)cs1)C1CC1F. The first-order chi connectivity index (χ1) is 15.6. The molecule has 2 unspecified atom stereocenters. The molecule has 0 amide bonds. The standard InChI is InChI=1S/C21H14F5N3O3S/c22-12-6-5-11(14(7-12)19(30)31)9-27-29(17-8-15(17)23)20-28-16(10-33-20)13-3-1-2-4-18(13)32-21(24,25)26/h1-7,9-10,15,17H,8H2,(H,30,31)/b27-9+. The largest absolute Gasteiger partial charge is 0.573 e. The molecule has 3 aromatic rings. The Kier molecular flexibility index (Phi) is 6.02. The smallest absolute Gasteiger partial charge is 0.478 e. The van der Waals surface area contributed by atoms with Crippen LogP contribution in [0, 0.1) is 5.82 Å². The zero-order valence-electron chi connectivity index (χ0n) is 16.5. The van der Waals surface area contributed by atoms with Gasteiger partial charge in [0.2, 0.25) is 5.13 Å². The van der Waals surface area contributed by atoms with Crippen molar-refractivity contribution in [1.82, 2.24) is 4.98 Å². The summed E-state index contributed by atoms with van der Waals surface area (Å²) in [7, 11) is 0. The van der Waals surface area contributed by atoms with Gasteiger partial charge in [-0.25, -0.2) is 23.6 Å². The molecule has 1 heterocycles. The van der Waals surface area contributed by atoms with Gasteiger partial charge >= 0.3 is 12.3 Å². The molecular weight excluding hydrogens is 469 g/mol. The van der Waals surface area contributed by atoms with Crippen molar-refractivity contribution in [3.63, 3.8) is 0 Å². The van der Waals surface area contributed by atoms with Gasteiger partial charge in [-0.3, -0.25) is 0 Å². The van der Waals surface area contributed by atoms with Crippen molar-refractivity contribution in [3.8, 4) is 17.0 Å². The molecule has 4 rings (SSSR count). The number of ether oxygens (including phenoxy) is 1. The van der Waals surface area contributed by atoms with Crippen LogP contribution in [-0.4, -0.2) is 40.9 Å². The highest BCUT2D eigenvalue weighted by Crippen LogP contribution is 2.40. The Hall–Kier alpha value is -3.54. The summed E-state index contributed by atoms with van der Waals surface area (Å²) in [5.74, 6) is -2.55. The second kappa shape index (κ2) is 8.77. The molecule has 6 nitrogen and oxygen atoms in total. The molecule has 172 valence electrons. The van der Waals surface area contributed by atoms with Gasteiger partial charge in [0.15, 0.2) is 0 Å². The average molecular weight is 483 g/mol. The predicted molar refractivity (Wildman–Crippen MR) is 111 cm³/mol. The first kappa shape index (κ1) is 22.6. The summed E-state index contributed by atoms with van der Waals surface area (Å²) in [6, 6.07) is 7.91. The highest BCUT2D eigenvalue weighted by molar-refractivity contribution is 7.14. The minimum atomic E-state index is -4.89. The molecule has 0 spiro atoms. The Labute approximate surface area is 187 Å². The first-order valence-electron chi connectivity index (χ1n) is 9.43. The number of thiazole rings is 1. The van der Waals surface area contributed by atoms with Crippen LogP contribution in [0.1, 0.15) is 22.3 Å². The summed E-state index contributed by atoms with van der Waals surface area (Å²) in [4.78, 5) is 15.7. The molecule has 1 N–H and O–H groups in total. The number of aromatic nitrogens is 1. The van der Waals surface area contributed by atoms with E-state index in [0.29, 0.717) is 0 Å². The monoisotopic (exact) mass is 483 g/mol. The number of carbonyl (C=O) groups is 1. The van der Waals surface area contributed by atoms with E-state index in [1.165, 1.54) is 34.7 Å². The zero-order valence-corrected chi connectivity index (χ0v) is 17.3. The Bertz CT molecular complexity index is 1210.